The van der Waals surface area contributed by atoms with Gasteiger partial charge in [0.05, 0.1) is 10.8 Å². The molecule has 1 aromatic rings. The smallest absolute Gasteiger partial charge is 0.270 e. The van der Waals surface area contributed by atoms with Crippen molar-refractivity contribution in [1.82, 2.24) is 5.32 Å². The SMILES string of the molecule is O=[N+]([O-])c1ccc(N2CCCCC2)c(C=C2CSCN2)c1. The summed E-state index contributed by atoms with van der Waals surface area (Å²) in [5.74, 6) is 1.86. The molecule has 21 heavy (non-hydrogen) atoms. The van der Waals surface area contributed by atoms with Gasteiger partial charge in [0.2, 0.25) is 0 Å². The molecule has 1 aromatic carbocycles. The lowest BCUT2D eigenvalue weighted by atomic mass is 10.1. The Kier molecular flexibility index (Phi) is 4.34. The second-order valence-corrected chi connectivity index (χ2v) is 6.37. The number of nitrogens with one attached hydrogen (secondary N) is 1. The molecule has 0 saturated carbocycles. The maximum absolute atomic E-state index is 11.0. The quantitative estimate of drug-likeness (QED) is 0.686. The monoisotopic (exact) mass is 305 g/mol. The Hall–Kier alpha value is -1.69. The normalized spacial score (nSPS) is 20.6. The van der Waals surface area contributed by atoms with Crippen LogP contribution in [0.3, 0.4) is 0 Å². The molecule has 0 unspecified atom stereocenters. The highest BCUT2D eigenvalue weighted by molar-refractivity contribution is 7.99. The lowest BCUT2D eigenvalue weighted by molar-refractivity contribution is -0.384. The van der Waals surface area contributed by atoms with E-state index in [1.54, 1.807) is 12.1 Å². The fourth-order valence-corrected chi connectivity index (χ4v) is 3.62. The van der Waals surface area contributed by atoms with Crippen molar-refractivity contribution in [3.63, 3.8) is 0 Å². The lowest BCUT2D eigenvalue weighted by Gasteiger charge is -2.30. The van der Waals surface area contributed by atoms with Crippen LogP contribution in [-0.4, -0.2) is 29.6 Å². The van der Waals surface area contributed by atoms with Crippen molar-refractivity contribution < 1.29 is 4.92 Å². The molecule has 0 amide bonds. The molecular formula is C15H19N3O2S. The number of non-ortho nitro benzene ring substituents is 1. The van der Waals surface area contributed by atoms with Gasteiger partial charge in [-0.15, -0.1) is 11.8 Å². The summed E-state index contributed by atoms with van der Waals surface area (Å²) in [7, 11) is 0. The van der Waals surface area contributed by atoms with Gasteiger partial charge < -0.3 is 10.2 Å². The highest BCUT2D eigenvalue weighted by Crippen LogP contribution is 2.30. The van der Waals surface area contributed by atoms with Crippen LogP contribution in [0.4, 0.5) is 11.4 Å². The van der Waals surface area contributed by atoms with Crippen LogP contribution >= 0.6 is 11.8 Å². The number of anilines is 1. The van der Waals surface area contributed by atoms with Gasteiger partial charge in [-0.3, -0.25) is 10.1 Å². The molecule has 2 aliphatic heterocycles. The Morgan fingerprint density at radius 1 is 1.29 bits per heavy atom. The Bertz CT molecular complexity index is 560. The van der Waals surface area contributed by atoms with E-state index in [0.29, 0.717) is 0 Å². The number of benzene rings is 1. The number of hydrogen-bond acceptors (Lipinski definition) is 5. The molecule has 0 spiro atoms. The van der Waals surface area contributed by atoms with Crippen LogP contribution in [0, 0.1) is 10.1 Å². The molecular weight excluding hydrogens is 286 g/mol. The summed E-state index contributed by atoms with van der Waals surface area (Å²) in [6.45, 7) is 2.08. The van der Waals surface area contributed by atoms with Crippen molar-refractivity contribution in [2.75, 3.05) is 29.6 Å². The van der Waals surface area contributed by atoms with E-state index in [1.807, 2.05) is 17.8 Å². The van der Waals surface area contributed by atoms with Crippen molar-refractivity contribution in [3.8, 4) is 0 Å². The van der Waals surface area contributed by atoms with Gasteiger partial charge in [0.25, 0.3) is 5.69 Å². The summed E-state index contributed by atoms with van der Waals surface area (Å²) >= 11 is 1.83. The standard InChI is InChI=1S/C15H19N3O2S/c19-18(20)14-4-5-15(17-6-2-1-3-7-17)12(9-14)8-13-10-21-11-16-13/h4-5,8-9,16H,1-3,6-7,10-11H2. The van der Waals surface area contributed by atoms with E-state index < -0.39 is 0 Å². The van der Waals surface area contributed by atoms with Crippen LogP contribution in [-0.2, 0) is 0 Å². The average molecular weight is 305 g/mol. The summed E-state index contributed by atoms with van der Waals surface area (Å²) in [6, 6.07) is 5.21. The van der Waals surface area contributed by atoms with E-state index >= 15 is 0 Å². The van der Waals surface area contributed by atoms with Gasteiger partial charge in [0.1, 0.15) is 0 Å². The summed E-state index contributed by atoms with van der Waals surface area (Å²) in [5.41, 5.74) is 3.38. The number of rotatable bonds is 3. The van der Waals surface area contributed by atoms with E-state index in [0.717, 1.165) is 41.7 Å². The minimum absolute atomic E-state index is 0.160. The molecule has 112 valence electrons. The van der Waals surface area contributed by atoms with E-state index in [4.69, 9.17) is 0 Å². The second-order valence-electron chi connectivity index (χ2n) is 5.39. The fraction of sp³-hybridized carbons (Fsp3) is 0.467. The van der Waals surface area contributed by atoms with Crippen LogP contribution in [0.1, 0.15) is 24.8 Å². The maximum atomic E-state index is 11.0. The highest BCUT2D eigenvalue weighted by atomic mass is 32.2. The number of nitrogens with zero attached hydrogens (tertiary/aromatic N) is 2. The summed E-state index contributed by atoms with van der Waals surface area (Å²) in [6.07, 6.45) is 5.73. The van der Waals surface area contributed by atoms with Crippen LogP contribution < -0.4 is 10.2 Å². The molecule has 2 fully saturated rings. The first-order valence-corrected chi connectivity index (χ1v) is 8.45. The first kappa shape index (κ1) is 14.3. The van der Waals surface area contributed by atoms with Gasteiger partial charge in [0, 0.05) is 47.9 Å². The molecule has 2 saturated heterocycles. The first-order valence-electron chi connectivity index (χ1n) is 7.29. The van der Waals surface area contributed by atoms with Gasteiger partial charge in [-0.1, -0.05) is 0 Å². The third-order valence-corrected chi connectivity index (χ3v) is 4.77. The van der Waals surface area contributed by atoms with E-state index in [-0.39, 0.29) is 10.6 Å². The van der Waals surface area contributed by atoms with E-state index in [1.165, 1.54) is 19.3 Å². The highest BCUT2D eigenvalue weighted by Gasteiger charge is 2.17. The van der Waals surface area contributed by atoms with Crippen molar-refractivity contribution in [2.24, 2.45) is 0 Å². The Morgan fingerprint density at radius 2 is 2.10 bits per heavy atom. The van der Waals surface area contributed by atoms with Gasteiger partial charge >= 0.3 is 0 Å². The second kappa shape index (κ2) is 6.39. The van der Waals surface area contributed by atoms with Crippen molar-refractivity contribution in [2.45, 2.75) is 19.3 Å². The summed E-state index contributed by atoms with van der Waals surface area (Å²) in [4.78, 5) is 13.1. The lowest BCUT2D eigenvalue weighted by Crippen LogP contribution is -2.30. The molecule has 2 aliphatic rings. The van der Waals surface area contributed by atoms with Gasteiger partial charge in [-0.05, 0) is 31.4 Å². The topological polar surface area (TPSA) is 58.4 Å². The number of nitro groups is 1. The molecule has 2 heterocycles. The summed E-state index contributed by atoms with van der Waals surface area (Å²) in [5, 5.41) is 14.3. The predicted molar refractivity (Wildman–Crippen MR) is 87.6 cm³/mol. The number of thioether (sulfide) groups is 1. The zero-order valence-corrected chi connectivity index (χ0v) is 12.7. The minimum atomic E-state index is -0.321. The Labute approximate surface area is 128 Å². The van der Waals surface area contributed by atoms with Crippen LogP contribution in [0.2, 0.25) is 0 Å². The van der Waals surface area contributed by atoms with Crippen LogP contribution in [0.25, 0.3) is 6.08 Å². The van der Waals surface area contributed by atoms with Crippen molar-refractivity contribution in [3.05, 3.63) is 39.6 Å². The molecule has 6 heteroatoms. The molecule has 5 nitrogen and oxygen atoms in total. The number of hydrogen-bond donors (Lipinski definition) is 1. The number of nitro benzene ring substituents is 1. The molecule has 0 aromatic heterocycles. The largest absolute Gasteiger partial charge is 0.379 e. The number of piperidine rings is 1. The van der Waals surface area contributed by atoms with Gasteiger partial charge in [-0.25, -0.2) is 0 Å². The molecule has 0 aliphatic carbocycles. The molecule has 0 bridgehead atoms. The molecule has 1 N–H and O–H groups in total. The van der Waals surface area contributed by atoms with Crippen LogP contribution in [0.5, 0.6) is 0 Å². The van der Waals surface area contributed by atoms with Crippen molar-refractivity contribution in [1.29, 1.82) is 0 Å². The minimum Gasteiger partial charge on any atom is -0.379 e. The van der Waals surface area contributed by atoms with Gasteiger partial charge in [0.15, 0.2) is 0 Å². The first-order chi connectivity index (χ1) is 10.2. The Morgan fingerprint density at radius 3 is 2.76 bits per heavy atom. The molecule has 3 rings (SSSR count). The molecule has 0 radical (unpaired) electrons. The third kappa shape index (κ3) is 3.32. The van der Waals surface area contributed by atoms with Crippen LogP contribution in [0.15, 0.2) is 23.9 Å². The predicted octanol–water partition coefficient (Wildman–Crippen LogP) is 3.22. The summed E-state index contributed by atoms with van der Waals surface area (Å²) < 4.78 is 0. The average Bonchev–Trinajstić information content (AvgIpc) is 3.01. The fourth-order valence-electron chi connectivity index (χ4n) is 2.83. The zero-order valence-electron chi connectivity index (χ0n) is 11.9. The zero-order chi connectivity index (χ0) is 14.7. The maximum Gasteiger partial charge on any atom is 0.270 e. The van der Waals surface area contributed by atoms with Gasteiger partial charge in [-0.2, -0.15) is 0 Å². The van der Waals surface area contributed by atoms with Crippen molar-refractivity contribution >= 4 is 29.2 Å². The third-order valence-electron chi connectivity index (χ3n) is 3.91. The van der Waals surface area contributed by atoms with E-state index in [9.17, 15) is 10.1 Å². The Balaban J connectivity index is 1.96. The van der Waals surface area contributed by atoms with E-state index in [2.05, 4.69) is 16.3 Å². The molecule has 0 atom stereocenters.